The Morgan fingerprint density at radius 1 is 1.03 bits per heavy atom. The molecule has 0 spiro atoms. The topological polar surface area (TPSA) is 131 Å². The molecule has 1 saturated heterocycles. The van der Waals surface area contributed by atoms with Crippen molar-refractivity contribution >= 4 is 46.8 Å². The van der Waals surface area contributed by atoms with E-state index in [0.29, 0.717) is 25.7 Å². The number of carbonyl (C=O) groups is 5. The zero-order valence-electron chi connectivity index (χ0n) is 18.8. The monoisotopic (exact) mass is 493 g/mol. The normalized spacial score (nSPS) is 17.7. The molecule has 1 atom stereocenters. The van der Waals surface area contributed by atoms with Crippen LogP contribution in [0.1, 0.15) is 59.2 Å². The number of anilines is 1. The number of benzene rings is 1. The number of hydrogen-bond donors (Lipinski definition) is 2. The molecule has 2 heterocycles. The lowest BCUT2D eigenvalue weighted by Crippen LogP contribution is -2.54. The van der Waals surface area contributed by atoms with Crippen molar-refractivity contribution in [3.8, 4) is 0 Å². The van der Waals surface area contributed by atoms with E-state index >= 15 is 0 Å². The van der Waals surface area contributed by atoms with Crippen LogP contribution in [-0.2, 0) is 23.9 Å². The van der Waals surface area contributed by atoms with Gasteiger partial charge in [0.05, 0.1) is 16.8 Å². The average Bonchev–Trinajstić information content (AvgIpc) is 3.06. The molecule has 11 heteroatoms. The number of nitrogens with zero attached hydrogens (tertiary/aromatic N) is 1. The first kappa shape index (κ1) is 25.8. The maximum atomic E-state index is 13.0. The summed E-state index contributed by atoms with van der Waals surface area (Å²) >= 11 is 5.60. The summed E-state index contributed by atoms with van der Waals surface area (Å²) in [6.45, 7) is 1.47. The lowest BCUT2D eigenvalue weighted by molar-refractivity contribution is -0.136. The maximum absolute atomic E-state index is 13.0. The van der Waals surface area contributed by atoms with Crippen LogP contribution in [0, 0.1) is 0 Å². The molecule has 1 unspecified atom stereocenters. The van der Waals surface area contributed by atoms with Crippen LogP contribution >= 0.6 is 11.6 Å². The second-order valence-electron chi connectivity index (χ2n) is 7.99. The largest absolute Gasteiger partial charge is 0.381 e. The molecule has 1 aromatic rings. The van der Waals surface area contributed by atoms with Crippen molar-refractivity contribution in [3.05, 3.63) is 29.3 Å². The van der Waals surface area contributed by atoms with Crippen molar-refractivity contribution in [1.29, 1.82) is 0 Å². The number of ether oxygens (including phenoxy) is 2. The number of carbonyl (C=O) groups excluding carboxylic acids is 5. The third-order valence-electron chi connectivity index (χ3n) is 5.48. The van der Waals surface area contributed by atoms with Crippen molar-refractivity contribution < 1.29 is 33.4 Å². The second-order valence-corrected chi connectivity index (χ2v) is 8.37. The van der Waals surface area contributed by atoms with E-state index in [1.807, 2.05) is 0 Å². The smallest absolute Gasteiger partial charge is 0.264 e. The third kappa shape index (κ3) is 6.40. The molecule has 5 amide bonds. The molecule has 0 saturated carbocycles. The van der Waals surface area contributed by atoms with Crippen LogP contribution in [0.4, 0.5) is 5.69 Å². The summed E-state index contributed by atoms with van der Waals surface area (Å²) < 4.78 is 10.9. The minimum absolute atomic E-state index is 0.0249. The summed E-state index contributed by atoms with van der Waals surface area (Å²) in [5.41, 5.74) is 0.293. The molecule has 1 aromatic carbocycles. The van der Waals surface area contributed by atoms with Gasteiger partial charge in [0.1, 0.15) is 12.6 Å². The number of piperidine rings is 1. The van der Waals surface area contributed by atoms with E-state index in [1.165, 1.54) is 12.1 Å². The Labute approximate surface area is 202 Å². The van der Waals surface area contributed by atoms with Crippen molar-refractivity contribution in [2.75, 3.05) is 37.6 Å². The zero-order valence-corrected chi connectivity index (χ0v) is 19.5. The third-order valence-corrected chi connectivity index (χ3v) is 5.74. The lowest BCUT2D eigenvalue weighted by Gasteiger charge is -2.27. The zero-order chi connectivity index (χ0) is 24.5. The first-order valence-electron chi connectivity index (χ1n) is 11.3. The second kappa shape index (κ2) is 12.6. The van der Waals surface area contributed by atoms with Crippen LogP contribution in [0.25, 0.3) is 0 Å². The van der Waals surface area contributed by atoms with E-state index in [4.69, 9.17) is 21.1 Å². The van der Waals surface area contributed by atoms with Crippen LogP contribution in [0.2, 0.25) is 0 Å². The quantitative estimate of drug-likeness (QED) is 0.243. The van der Waals surface area contributed by atoms with Crippen LogP contribution < -0.4 is 10.6 Å². The molecular formula is C23H28ClN3O7. The van der Waals surface area contributed by atoms with Gasteiger partial charge in [-0.2, -0.15) is 0 Å². The Balaban J connectivity index is 1.48. The minimum atomic E-state index is -1.07. The van der Waals surface area contributed by atoms with Crippen LogP contribution in [0.5, 0.6) is 0 Å². The number of hydrogen-bond acceptors (Lipinski definition) is 7. The first-order chi connectivity index (χ1) is 16.4. The highest BCUT2D eigenvalue weighted by atomic mass is 35.5. The number of halogens is 1. The highest BCUT2D eigenvalue weighted by Gasteiger charge is 2.45. The predicted molar refractivity (Wildman–Crippen MR) is 123 cm³/mol. The van der Waals surface area contributed by atoms with Crippen molar-refractivity contribution in [3.63, 3.8) is 0 Å². The fraction of sp³-hybridized carbons (Fsp3) is 0.522. The summed E-state index contributed by atoms with van der Waals surface area (Å²) in [6.07, 6.45) is 3.50. The summed E-state index contributed by atoms with van der Waals surface area (Å²) in [6, 6.07) is 3.45. The van der Waals surface area contributed by atoms with Gasteiger partial charge in [-0.3, -0.25) is 34.2 Å². The number of fused-ring (bicyclic) bond motifs is 1. The molecular weight excluding hydrogens is 466 g/mol. The van der Waals surface area contributed by atoms with Gasteiger partial charge in [-0.05, 0) is 44.2 Å². The molecule has 2 aliphatic rings. The Bertz CT molecular complexity index is 952. The molecule has 2 N–H and O–H groups in total. The van der Waals surface area contributed by atoms with Gasteiger partial charge in [0.2, 0.25) is 17.7 Å². The average molecular weight is 494 g/mol. The maximum Gasteiger partial charge on any atom is 0.264 e. The van der Waals surface area contributed by atoms with Gasteiger partial charge in [-0.25, -0.2) is 0 Å². The molecule has 34 heavy (non-hydrogen) atoms. The number of alkyl halides is 1. The van der Waals surface area contributed by atoms with Gasteiger partial charge in [-0.1, -0.05) is 6.07 Å². The van der Waals surface area contributed by atoms with E-state index in [-0.39, 0.29) is 36.3 Å². The molecule has 10 nitrogen and oxygen atoms in total. The molecule has 2 aliphatic heterocycles. The van der Waals surface area contributed by atoms with Gasteiger partial charge >= 0.3 is 0 Å². The standard InChI is InChI=1S/C23H28ClN3O7/c24-10-1-2-11-33-12-3-4-13-34-14-19(29)25-16-7-5-6-15-20(16)23(32)27(22(15)31)17-8-9-18(28)26-21(17)30/h5-7,17H,1-4,8-14H2,(H,25,29)(H,26,28,30). The lowest BCUT2D eigenvalue weighted by atomic mass is 10.0. The summed E-state index contributed by atoms with van der Waals surface area (Å²) in [5.74, 6) is -2.28. The summed E-state index contributed by atoms with van der Waals surface area (Å²) in [5, 5.41) is 4.76. The van der Waals surface area contributed by atoms with Crippen LogP contribution in [0.15, 0.2) is 18.2 Å². The summed E-state index contributed by atoms with van der Waals surface area (Å²) in [7, 11) is 0. The van der Waals surface area contributed by atoms with Gasteiger partial charge < -0.3 is 14.8 Å². The molecule has 3 rings (SSSR count). The predicted octanol–water partition coefficient (Wildman–Crippen LogP) is 1.86. The number of unbranched alkanes of at least 4 members (excludes halogenated alkanes) is 2. The Hall–Kier alpha value is -2.82. The van der Waals surface area contributed by atoms with Gasteiger partial charge in [-0.15, -0.1) is 11.6 Å². The molecule has 0 radical (unpaired) electrons. The number of rotatable bonds is 13. The minimum Gasteiger partial charge on any atom is -0.381 e. The van der Waals surface area contributed by atoms with E-state index in [9.17, 15) is 24.0 Å². The Morgan fingerprint density at radius 3 is 2.44 bits per heavy atom. The van der Waals surface area contributed by atoms with E-state index in [1.54, 1.807) is 6.07 Å². The highest BCUT2D eigenvalue weighted by Crippen LogP contribution is 2.32. The number of amides is 5. The van der Waals surface area contributed by atoms with Crippen molar-refractivity contribution in [2.24, 2.45) is 0 Å². The van der Waals surface area contributed by atoms with Gasteiger partial charge in [0.25, 0.3) is 11.8 Å². The number of nitrogens with one attached hydrogen (secondary N) is 2. The van der Waals surface area contributed by atoms with E-state index in [0.717, 1.165) is 30.6 Å². The molecule has 1 fully saturated rings. The molecule has 0 bridgehead atoms. The Morgan fingerprint density at radius 2 is 1.74 bits per heavy atom. The van der Waals surface area contributed by atoms with E-state index in [2.05, 4.69) is 10.6 Å². The van der Waals surface area contributed by atoms with Gasteiger partial charge in [0, 0.05) is 32.1 Å². The number of imide groups is 2. The fourth-order valence-electron chi connectivity index (χ4n) is 3.78. The fourth-order valence-corrected chi connectivity index (χ4v) is 3.97. The van der Waals surface area contributed by atoms with E-state index < -0.39 is 35.6 Å². The first-order valence-corrected chi connectivity index (χ1v) is 11.8. The van der Waals surface area contributed by atoms with Gasteiger partial charge in [0.15, 0.2) is 0 Å². The molecule has 184 valence electrons. The van der Waals surface area contributed by atoms with Crippen molar-refractivity contribution in [2.45, 2.75) is 44.6 Å². The molecule has 0 aliphatic carbocycles. The van der Waals surface area contributed by atoms with Crippen LogP contribution in [-0.4, -0.2) is 72.8 Å². The Kier molecular flexibility index (Phi) is 9.55. The molecule has 0 aromatic heterocycles. The highest BCUT2D eigenvalue weighted by molar-refractivity contribution is 6.26. The SMILES string of the molecule is O=C1CCC(N2C(=O)c3cccc(NC(=O)COCCCCOCCCCCl)c3C2=O)C(=O)N1. The van der Waals surface area contributed by atoms with Crippen LogP contribution in [0.3, 0.4) is 0 Å². The summed E-state index contributed by atoms with van der Waals surface area (Å²) in [4.78, 5) is 62.6. The van der Waals surface area contributed by atoms with Crippen molar-refractivity contribution in [1.82, 2.24) is 10.2 Å².